The van der Waals surface area contributed by atoms with Crippen molar-refractivity contribution >= 4 is 11.8 Å². The molecule has 1 unspecified atom stereocenters. The number of piperazine rings is 1. The van der Waals surface area contributed by atoms with Gasteiger partial charge in [-0.2, -0.15) is 5.26 Å². The molecule has 112 valence electrons. The molecule has 0 aliphatic carbocycles. The lowest BCUT2D eigenvalue weighted by atomic mass is 10.1. The van der Waals surface area contributed by atoms with Crippen molar-refractivity contribution in [3.63, 3.8) is 0 Å². The second-order valence-corrected chi connectivity index (χ2v) is 5.43. The molecule has 0 bridgehead atoms. The largest absolute Gasteiger partial charge is 0.480 e. The molecule has 1 saturated heterocycles. The van der Waals surface area contributed by atoms with E-state index in [1.54, 1.807) is 6.92 Å². The number of hydrogen-bond acceptors (Lipinski definition) is 5. The van der Waals surface area contributed by atoms with Crippen molar-refractivity contribution in [2.24, 2.45) is 0 Å². The number of carboxylic acids is 1. The summed E-state index contributed by atoms with van der Waals surface area (Å²) in [5, 5.41) is 18.4. The maximum Gasteiger partial charge on any atom is 0.320 e. The summed E-state index contributed by atoms with van der Waals surface area (Å²) < 4.78 is 0. The summed E-state index contributed by atoms with van der Waals surface area (Å²) in [6.45, 7) is 8.22. The van der Waals surface area contributed by atoms with Crippen molar-refractivity contribution < 1.29 is 9.90 Å². The molecule has 21 heavy (non-hydrogen) atoms. The first kappa shape index (κ1) is 15.3. The van der Waals surface area contributed by atoms with Gasteiger partial charge < -0.3 is 10.0 Å². The van der Waals surface area contributed by atoms with Crippen molar-refractivity contribution in [1.29, 1.82) is 5.26 Å². The monoisotopic (exact) mass is 288 g/mol. The lowest BCUT2D eigenvalue weighted by Gasteiger charge is -2.37. The second-order valence-electron chi connectivity index (χ2n) is 5.43. The van der Waals surface area contributed by atoms with Crippen LogP contribution in [0.15, 0.2) is 6.07 Å². The van der Waals surface area contributed by atoms with Crippen LogP contribution in [0, 0.1) is 25.2 Å². The van der Waals surface area contributed by atoms with Crippen LogP contribution in [-0.2, 0) is 4.79 Å². The van der Waals surface area contributed by atoms with Crippen molar-refractivity contribution in [2.45, 2.75) is 26.8 Å². The predicted octanol–water partition coefficient (Wildman–Crippen LogP) is 1.17. The normalized spacial score (nSPS) is 17.3. The number of carboxylic acid groups (broad SMARTS) is 1. The molecule has 0 spiro atoms. The Bertz CT molecular complexity index is 586. The van der Waals surface area contributed by atoms with Gasteiger partial charge in [0, 0.05) is 31.9 Å². The Morgan fingerprint density at radius 1 is 1.38 bits per heavy atom. The molecule has 1 aromatic heterocycles. The molecule has 1 aliphatic heterocycles. The molecular weight excluding hydrogens is 268 g/mol. The zero-order chi connectivity index (χ0) is 15.6. The Morgan fingerprint density at radius 3 is 2.52 bits per heavy atom. The van der Waals surface area contributed by atoms with E-state index in [-0.39, 0.29) is 0 Å². The van der Waals surface area contributed by atoms with Gasteiger partial charge in [0.15, 0.2) is 0 Å². The first-order valence-corrected chi connectivity index (χ1v) is 7.04. The number of nitriles is 1. The first-order chi connectivity index (χ1) is 9.93. The van der Waals surface area contributed by atoms with E-state index in [1.165, 1.54) is 0 Å². The number of rotatable bonds is 3. The number of carbonyl (C=O) groups is 1. The predicted molar refractivity (Wildman–Crippen MR) is 79.3 cm³/mol. The summed E-state index contributed by atoms with van der Waals surface area (Å²) in [6, 6.07) is 3.66. The third-order valence-electron chi connectivity index (χ3n) is 3.96. The Balaban J connectivity index is 2.17. The lowest BCUT2D eigenvalue weighted by molar-refractivity contribution is -0.142. The van der Waals surface area contributed by atoms with Gasteiger partial charge in [0.25, 0.3) is 0 Å². The highest BCUT2D eigenvalue weighted by molar-refractivity contribution is 5.73. The van der Waals surface area contributed by atoms with Crippen LogP contribution in [0.4, 0.5) is 5.82 Å². The Morgan fingerprint density at radius 2 is 2.00 bits per heavy atom. The van der Waals surface area contributed by atoms with Crippen molar-refractivity contribution in [3.8, 4) is 6.07 Å². The quantitative estimate of drug-likeness (QED) is 0.899. The Labute approximate surface area is 124 Å². The Hall–Kier alpha value is -2.13. The minimum atomic E-state index is -0.800. The number of aromatic nitrogens is 1. The lowest BCUT2D eigenvalue weighted by Crippen LogP contribution is -2.52. The number of hydrogen-bond donors (Lipinski definition) is 1. The minimum absolute atomic E-state index is 0.477. The highest BCUT2D eigenvalue weighted by atomic mass is 16.4. The van der Waals surface area contributed by atoms with E-state index in [2.05, 4.69) is 16.0 Å². The summed E-state index contributed by atoms with van der Waals surface area (Å²) >= 11 is 0. The fourth-order valence-electron chi connectivity index (χ4n) is 2.66. The molecule has 0 radical (unpaired) electrons. The van der Waals surface area contributed by atoms with Crippen molar-refractivity contribution in [1.82, 2.24) is 9.88 Å². The van der Waals surface area contributed by atoms with E-state index in [1.807, 2.05) is 24.8 Å². The summed E-state index contributed by atoms with van der Waals surface area (Å²) in [6.07, 6.45) is 0. The fourth-order valence-corrected chi connectivity index (χ4v) is 2.66. The first-order valence-electron chi connectivity index (χ1n) is 7.04. The van der Waals surface area contributed by atoms with E-state index >= 15 is 0 Å². The second kappa shape index (κ2) is 6.10. The highest BCUT2D eigenvalue weighted by Gasteiger charge is 2.27. The molecule has 0 aromatic carbocycles. The van der Waals surface area contributed by atoms with Crippen LogP contribution in [0.1, 0.15) is 23.7 Å². The summed E-state index contributed by atoms with van der Waals surface area (Å²) in [4.78, 5) is 19.5. The van der Waals surface area contributed by atoms with Gasteiger partial charge in [-0.05, 0) is 32.4 Å². The van der Waals surface area contributed by atoms with Crippen molar-refractivity contribution in [2.75, 3.05) is 31.1 Å². The molecular formula is C15H20N4O2. The number of aryl methyl sites for hydroxylation is 2. The topological polar surface area (TPSA) is 80.5 Å². The number of aliphatic carboxylic acids is 1. The van der Waals surface area contributed by atoms with Crippen LogP contribution in [0.3, 0.4) is 0 Å². The summed E-state index contributed by atoms with van der Waals surface area (Å²) in [7, 11) is 0. The van der Waals surface area contributed by atoms with Crippen LogP contribution in [0.25, 0.3) is 0 Å². The maximum atomic E-state index is 11.0. The van der Waals surface area contributed by atoms with Gasteiger partial charge in [-0.15, -0.1) is 0 Å². The smallest absolute Gasteiger partial charge is 0.320 e. The van der Waals surface area contributed by atoms with Crippen molar-refractivity contribution in [3.05, 3.63) is 22.9 Å². The van der Waals surface area contributed by atoms with Gasteiger partial charge >= 0.3 is 5.97 Å². The van der Waals surface area contributed by atoms with E-state index in [0.717, 1.165) is 17.1 Å². The molecule has 0 amide bonds. The van der Waals surface area contributed by atoms with Crippen LogP contribution in [-0.4, -0.2) is 53.2 Å². The molecule has 2 heterocycles. The van der Waals surface area contributed by atoms with E-state index < -0.39 is 12.0 Å². The summed E-state index contributed by atoms with van der Waals surface area (Å²) in [5.41, 5.74) is 2.43. The van der Waals surface area contributed by atoms with Gasteiger partial charge in [-0.3, -0.25) is 9.69 Å². The SMILES string of the molecule is Cc1cc(C)c(C#N)c(N2CCN(C(C)C(=O)O)CC2)n1. The fraction of sp³-hybridized carbons (Fsp3) is 0.533. The zero-order valence-corrected chi connectivity index (χ0v) is 12.6. The van der Waals surface area contributed by atoms with Gasteiger partial charge in [-0.1, -0.05) is 0 Å². The maximum absolute atomic E-state index is 11.0. The molecule has 0 saturated carbocycles. The Kier molecular flexibility index (Phi) is 4.43. The molecule has 1 fully saturated rings. The van der Waals surface area contributed by atoms with Crippen LogP contribution < -0.4 is 4.90 Å². The molecule has 1 aromatic rings. The summed E-state index contributed by atoms with van der Waals surface area (Å²) in [5.74, 6) is -0.0803. The van der Waals surface area contributed by atoms with Gasteiger partial charge in [0.2, 0.25) is 0 Å². The third kappa shape index (κ3) is 3.14. The number of anilines is 1. The standard InChI is InChI=1S/C15H20N4O2/c1-10-8-11(2)17-14(13(10)9-16)19-6-4-18(5-7-19)12(3)15(20)21/h8,12H,4-7H2,1-3H3,(H,20,21). The van der Waals surface area contributed by atoms with Crippen LogP contribution in [0.2, 0.25) is 0 Å². The zero-order valence-electron chi connectivity index (χ0n) is 12.6. The highest BCUT2D eigenvalue weighted by Crippen LogP contribution is 2.23. The van der Waals surface area contributed by atoms with Gasteiger partial charge in [0.05, 0.1) is 5.56 Å². The molecule has 2 rings (SSSR count). The minimum Gasteiger partial charge on any atom is -0.480 e. The number of nitrogens with zero attached hydrogens (tertiary/aromatic N) is 4. The molecule has 6 nitrogen and oxygen atoms in total. The van der Waals surface area contributed by atoms with E-state index in [9.17, 15) is 10.1 Å². The average molecular weight is 288 g/mol. The van der Waals surface area contributed by atoms with E-state index in [4.69, 9.17) is 5.11 Å². The van der Waals surface area contributed by atoms with Gasteiger partial charge in [-0.25, -0.2) is 4.98 Å². The van der Waals surface area contributed by atoms with E-state index in [0.29, 0.717) is 31.7 Å². The average Bonchev–Trinajstić information content (AvgIpc) is 2.46. The van der Waals surface area contributed by atoms with Gasteiger partial charge in [0.1, 0.15) is 17.9 Å². The number of pyridine rings is 1. The molecule has 6 heteroatoms. The molecule has 1 N–H and O–H groups in total. The van der Waals surface area contributed by atoms with Crippen LogP contribution in [0.5, 0.6) is 0 Å². The third-order valence-corrected chi connectivity index (χ3v) is 3.96. The van der Waals surface area contributed by atoms with Crippen LogP contribution >= 0.6 is 0 Å². The molecule has 1 atom stereocenters. The molecule has 1 aliphatic rings.